The SMILES string of the molecule is CCCCO/C([O-])=C/[N-]S(=O)(=O)c1ccc(C)cc1.[HH].[HH].[Sn+2]. The van der Waals surface area contributed by atoms with Crippen LogP contribution in [0.1, 0.15) is 28.2 Å². The summed E-state index contributed by atoms with van der Waals surface area (Å²) in [5, 5.41) is 11.2. The van der Waals surface area contributed by atoms with E-state index < -0.39 is 16.0 Å². The number of nitrogens with zero attached hydrogens (tertiary/aromatic N) is 1. The van der Waals surface area contributed by atoms with Crippen LogP contribution in [0.2, 0.25) is 0 Å². The quantitative estimate of drug-likeness (QED) is 0.395. The molecule has 7 heteroatoms. The Hall–Kier alpha value is -0.891. The van der Waals surface area contributed by atoms with Gasteiger partial charge >= 0.3 is 23.9 Å². The number of sulfonamides is 1. The Labute approximate surface area is 140 Å². The van der Waals surface area contributed by atoms with Crippen molar-refractivity contribution in [3.8, 4) is 0 Å². The molecule has 0 aliphatic rings. The van der Waals surface area contributed by atoms with E-state index in [1.165, 1.54) is 12.1 Å². The summed E-state index contributed by atoms with van der Waals surface area (Å²) in [5.41, 5.74) is 0.946. The van der Waals surface area contributed by atoms with Crippen LogP contribution in [0, 0.1) is 6.92 Å². The van der Waals surface area contributed by atoms with Crippen molar-refractivity contribution >= 4 is 33.9 Å². The van der Waals surface area contributed by atoms with E-state index in [4.69, 9.17) is 4.74 Å². The summed E-state index contributed by atoms with van der Waals surface area (Å²) in [5.74, 6) is -0.746. The molecule has 0 aliphatic heterocycles. The number of benzene rings is 1. The molecule has 0 heterocycles. The van der Waals surface area contributed by atoms with E-state index in [9.17, 15) is 13.5 Å². The normalized spacial score (nSPS) is 11.6. The monoisotopic (exact) mass is 407 g/mol. The molecule has 2 radical (unpaired) electrons. The van der Waals surface area contributed by atoms with Crippen LogP contribution in [0.25, 0.3) is 4.72 Å². The van der Waals surface area contributed by atoms with Gasteiger partial charge in [0, 0.05) is 8.80 Å². The Morgan fingerprint density at radius 3 is 2.55 bits per heavy atom. The average molecular weight is 406 g/mol. The van der Waals surface area contributed by atoms with Gasteiger partial charge in [-0.05, 0) is 32.1 Å². The summed E-state index contributed by atoms with van der Waals surface area (Å²) < 4.78 is 31.6. The summed E-state index contributed by atoms with van der Waals surface area (Å²) >= 11 is 0. The molecular weight excluding hydrogens is 385 g/mol. The van der Waals surface area contributed by atoms with Crippen LogP contribution in [0.5, 0.6) is 0 Å². The maximum atomic E-state index is 11.8. The second kappa shape index (κ2) is 9.12. The molecule has 1 aromatic carbocycles. The number of aryl methyl sites for hydroxylation is 1. The van der Waals surface area contributed by atoms with Crippen LogP contribution in [0.15, 0.2) is 41.3 Å². The third-order valence-corrected chi connectivity index (χ3v) is 3.61. The molecule has 5 nitrogen and oxygen atoms in total. The molecule has 1 rings (SSSR count). The molecule has 0 bridgehead atoms. The molecule has 0 amide bonds. The van der Waals surface area contributed by atoms with Crippen molar-refractivity contribution in [3.63, 3.8) is 0 Å². The van der Waals surface area contributed by atoms with Gasteiger partial charge in [0.15, 0.2) is 0 Å². The van der Waals surface area contributed by atoms with Crippen molar-refractivity contribution in [2.75, 3.05) is 6.61 Å². The molecule has 112 valence electrons. The predicted octanol–water partition coefficient (Wildman–Crippen LogP) is 2.14. The molecule has 0 saturated carbocycles. The second-order valence-corrected chi connectivity index (χ2v) is 5.68. The van der Waals surface area contributed by atoms with Gasteiger partial charge in [0.25, 0.3) is 0 Å². The topological polar surface area (TPSA) is 80.5 Å². The van der Waals surface area contributed by atoms with Gasteiger partial charge in [0.2, 0.25) is 0 Å². The van der Waals surface area contributed by atoms with Gasteiger partial charge in [-0.15, -0.1) is 6.20 Å². The molecule has 20 heavy (non-hydrogen) atoms. The van der Waals surface area contributed by atoms with Crippen molar-refractivity contribution in [1.29, 1.82) is 0 Å². The molecule has 0 saturated heterocycles. The standard InChI is InChI=1S/C13H18NO4S.Sn.2H2/c1-3-4-9-18-13(15)10-14-19(16,17)12-7-5-11(2)6-8-12;;;/h5-8,10,15H,3-4,9H2,1-2H3;;2*1H/q-1;+2;;/p-1/b13-10+;;;. The minimum absolute atomic E-state index is 0. The van der Waals surface area contributed by atoms with Gasteiger partial charge in [-0.3, -0.25) is 0 Å². The summed E-state index contributed by atoms with van der Waals surface area (Å²) in [6.45, 7) is 4.08. The first-order valence-corrected chi connectivity index (χ1v) is 7.43. The smallest absolute Gasteiger partial charge is 0.614 e. The zero-order valence-electron chi connectivity index (χ0n) is 11.5. The maximum Gasteiger partial charge on any atom is 2.00 e. The fraction of sp³-hybridized carbons (Fsp3) is 0.385. The zero-order chi connectivity index (χ0) is 14.3. The number of ether oxygens (including phenoxy) is 1. The molecule has 0 spiro atoms. The first-order chi connectivity index (χ1) is 8.95. The molecular formula is C13H21NO4SSn. The first-order valence-electron chi connectivity index (χ1n) is 5.99. The van der Waals surface area contributed by atoms with Gasteiger partial charge in [-0.25, -0.2) is 8.42 Å². The molecule has 0 fully saturated rings. The van der Waals surface area contributed by atoms with Gasteiger partial charge in [0.1, 0.15) is 10.0 Å². The Morgan fingerprint density at radius 1 is 1.40 bits per heavy atom. The van der Waals surface area contributed by atoms with E-state index in [1.807, 2.05) is 13.8 Å². The van der Waals surface area contributed by atoms with Crippen LogP contribution in [0.4, 0.5) is 0 Å². The average Bonchev–Trinajstić information content (AvgIpc) is 2.37. The van der Waals surface area contributed by atoms with Crippen molar-refractivity contribution < 1.29 is 21.1 Å². The third-order valence-electron chi connectivity index (χ3n) is 2.36. The van der Waals surface area contributed by atoms with Gasteiger partial charge in [-0.1, -0.05) is 31.0 Å². The Morgan fingerprint density at radius 2 is 2.00 bits per heavy atom. The fourth-order valence-electron chi connectivity index (χ4n) is 1.24. The number of unbranched alkanes of at least 4 members (excludes halogenated alkanes) is 1. The van der Waals surface area contributed by atoms with E-state index in [2.05, 4.69) is 4.72 Å². The van der Waals surface area contributed by atoms with E-state index >= 15 is 0 Å². The number of hydrogen-bond donors (Lipinski definition) is 0. The molecule has 0 aromatic heterocycles. The number of rotatable bonds is 7. The van der Waals surface area contributed by atoms with Crippen LogP contribution in [-0.4, -0.2) is 38.9 Å². The van der Waals surface area contributed by atoms with Crippen LogP contribution < -0.4 is 5.11 Å². The molecule has 1 aromatic rings. The van der Waals surface area contributed by atoms with Gasteiger partial charge in [-0.2, -0.15) is 0 Å². The molecule has 0 unspecified atom stereocenters. The Bertz CT molecular complexity index is 535. The largest absolute Gasteiger partial charge is 2.00 e. The third kappa shape index (κ3) is 6.51. The summed E-state index contributed by atoms with van der Waals surface area (Å²) in [4.78, 5) is 0.0516. The summed E-state index contributed by atoms with van der Waals surface area (Å²) in [7, 11) is -3.83. The fourth-order valence-corrected chi connectivity index (χ4v) is 2.06. The van der Waals surface area contributed by atoms with E-state index in [-0.39, 0.29) is 38.3 Å². The molecule has 0 aliphatic carbocycles. The van der Waals surface area contributed by atoms with Crippen LogP contribution in [0.3, 0.4) is 0 Å². The first kappa shape index (κ1) is 19.1. The van der Waals surface area contributed by atoms with Crippen molar-refractivity contribution in [3.05, 3.63) is 46.7 Å². The predicted molar refractivity (Wildman–Crippen MR) is 80.6 cm³/mol. The van der Waals surface area contributed by atoms with E-state index in [0.717, 1.165) is 18.4 Å². The van der Waals surface area contributed by atoms with Crippen LogP contribution in [-0.2, 0) is 14.8 Å². The zero-order valence-corrected chi connectivity index (χ0v) is 15.2. The second-order valence-electron chi connectivity index (χ2n) is 4.04. The van der Waals surface area contributed by atoms with Gasteiger partial charge < -0.3 is 14.6 Å². The number of hydrogen-bond acceptors (Lipinski definition) is 4. The van der Waals surface area contributed by atoms with Gasteiger partial charge in [0.05, 0.1) is 4.90 Å². The van der Waals surface area contributed by atoms with E-state index in [1.54, 1.807) is 12.1 Å². The van der Waals surface area contributed by atoms with Crippen molar-refractivity contribution in [1.82, 2.24) is 0 Å². The molecule has 0 N–H and O–H groups in total. The summed E-state index contributed by atoms with van der Waals surface area (Å²) in [6.07, 6.45) is 2.33. The van der Waals surface area contributed by atoms with E-state index in [0.29, 0.717) is 6.20 Å². The Balaban J connectivity index is -0.00000120. The van der Waals surface area contributed by atoms with Crippen LogP contribution >= 0.6 is 0 Å². The van der Waals surface area contributed by atoms with Crippen molar-refractivity contribution in [2.45, 2.75) is 31.6 Å². The maximum absolute atomic E-state index is 11.8. The minimum atomic E-state index is -3.83. The van der Waals surface area contributed by atoms with Crippen molar-refractivity contribution in [2.24, 2.45) is 0 Å². The minimum Gasteiger partial charge on any atom is -0.614 e. The Kier molecular flexibility index (Phi) is 8.71. The summed E-state index contributed by atoms with van der Waals surface area (Å²) in [6, 6.07) is 6.23. The molecule has 0 atom stereocenters.